The Bertz CT molecular complexity index is 711. The molecule has 26 heavy (non-hydrogen) atoms. The highest BCUT2D eigenvalue weighted by molar-refractivity contribution is 5.80. The maximum Gasteiger partial charge on any atom is 0.194 e. The third-order valence-electron chi connectivity index (χ3n) is 4.49. The molecule has 0 radical (unpaired) electrons. The Morgan fingerprint density at radius 3 is 2.58 bits per heavy atom. The Labute approximate surface area is 155 Å². The maximum atomic E-state index is 10.0. The summed E-state index contributed by atoms with van der Waals surface area (Å²) in [5.74, 6) is 1.30. The number of para-hydroxylation sites is 2. The van der Waals surface area contributed by atoms with Gasteiger partial charge in [-0.2, -0.15) is 0 Å². The van der Waals surface area contributed by atoms with Crippen molar-refractivity contribution in [3.8, 4) is 5.75 Å². The van der Waals surface area contributed by atoms with Gasteiger partial charge in [-0.1, -0.05) is 18.2 Å². The van der Waals surface area contributed by atoms with Gasteiger partial charge in [0.15, 0.2) is 5.96 Å². The number of aromatic nitrogens is 1. The molecule has 0 bridgehead atoms. The van der Waals surface area contributed by atoms with Crippen molar-refractivity contribution in [1.82, 2.24) is 15.2 Å². The van der Waals surface area contributed by atoms with E-state index in [-0.39, 0.29) is 0 Å². The number of nitrogens with zero attached hydrogens (tertiary/aromatic N) is 4. The van der Waals surface area contributed by atoms with E-state index < -0.39 is 0 Å². The summed E-state index contributed by atoms with van der Waals surface area (Å²) < 4.78 is 0. The summed E-state index contributed by atoms with van der Waals surface area (Å²) in [4.78, 5) is 13.6. The molecule has 0 aliphatic carbocycles. The Morgan fingerprint density at radius 2 is 1.88 bits per heavy atom. The van der Waals surface area contributed by atoms with Crippen molar-refractivity contribution >= 4 is 11.6 Å². The van der Waals surface area contributed by atoms with Crippen LogP contribution in [0.5, 0.6) is 5.75 Å². The molecule has 0 saturated carbocycles. The fourth-order valence-electron chi connectivity index (χ4n) is 3.14. The predicted octanol–water partition coefficient (Wildman–Crippen LogP) is 2.12. The SMILES string of the molecule is CCNC(=NCCc1ccccn1)N1CCN(c2ccccc2O)CC1. The van der Waals surface area contributed by atoms with E-state index in [0.29, 0.717) is 5.75 Å². The lowest BCUT2D eigenvalue weighted by molar-refractivity contribution is 0.370. The molecule has 3 rings (SSSR count). The van der Waals surface area contributed by atoms with Crippen molar-refractivity contribution in [3.63, 3.8) is 0 Å². The summed E-state index contributed by atoms with van der Waals surface area (Å²) in [5.41, 5.74) is 1.97. The molecule has 2 aromatic rings. The van der Waals surface area contributed by atoms with E-state index in [1.807, 2.05) is 42.6 Å². The summed E-state index contributed by atoms with van der Waals surface area (Å²) in [6, 6.07) is 13.5. The lowest BCUT2D eigenvalue weighted by atomic mass is 10.2. The molecular formula is C20H27N5O. The van der Waals surface area contributed by atoms with Gasteiger partial charge in [-0.05, 0) is 31.2 Å². The van der Waals surface area contributed by atoms with Crippen LogP contribution in [0.4, 0.5) is 5.69 Å². The lowest BCUT2D eigenvalue weighted by Crippen LogP contribution is -2.52. The molecule has 0 spiro atoms. The topological polar surface area (TPSA) is 64.0 Å². The molecule has 2 N–H and O–H groups in total. The maximum absolute atomic E-state index is 10.0. The van der Waals surface area contributed by atoms with Gasteiger partial charge in [0, 0.05) is 57.6 Å². The van der Waals surface area contributed by atoms with Crippen molar-refractivity contribution in [3.05, 3.63) is 54.4 Å². The van der Waals surface area contributed by atoms with E-state index >= 15 is 0 Å². The van der Waals surface area contributed by atoms with E-state index in [1.54, 1.807) is 6.07 Å². The zero-order chi connectivity index (χ0) is 18.2. The second kappa shape index (κ2) is 9.08. The van der Waals surface area contributed by atoms with E-state index in [2.05, 4.69) is 27.0 Å². The Morgan fingerprint density at radius 1 is 1.12 bits per heavy atom. The number of benzene rings is 1. The monoisotopic (exact) mass is 353 g/mol. The zero-order valence-electron chi connectivity index (χ0n) is 15.3. The molecule has 0 unspecified atom stereocenters. The van der Waals surface area contributed by atoms with E-state index in [9.17, 15) is 5.11 Å². The highest BCUT2D eigenvalue weighted by Crippen LogP contribution is 2.27. The molecule has 2 heterocycles. The largest absolute Gasteiger partial charge is 0.506 e. The van der Waals surface area contributed by atoms with Crippen LogP contribution in [0.15, 0.2) is 53.7 Å². The molecule has 138 valence electrons. The summed E-state index contributed by atoms with van der Waals surface area (Å²) in [6.07, 6.45) is 2.66. The molecule has 1 aromatic carbocycles. The molecule has 1 aliphatic heterocycles. The van der Waals surface area contributed by atoms with Crippen LogP contribution in [0.3, 0.4) is 0 Å². The third kappa shape index (κ3) is 4.65. The summed E-state index contributed by atoms with van der Waals surface area (Å²) >= 11 is 0. The minimum Gasteiger partial charge on any atom is -0.506 e. The van der Waals surface area contributed by atoms with Gasteiger partial charge in [-0.25, -0.2) is 0 Å². The Hall–Kier alpha value is -2.76. The number of hydrogen-bond donors (Lipinski definition) is 2. The second-order valence-corrected chi connectivity index (χ2v) is 6.27. The van der Waals surface area contributed by atoms with Gasteiger partial charge in [-0.3, -0.25) is 9.98 Å². The normalized spacial score (nSPS) is 15.2. The minimum atomic E-state index is 0.344. The summed E-state index contributed by atoms with van der Waals surface area (Å²) in [5, 5.41) is 13.4. The van der Waals surface area contributed by atoms with Gasteiger partial charge in [0.1, 0.15) is 5.75 Å². The Kier molecular flexibility index (Phi) is 6.30. The number of guanidine groups is 1. The van der Waals surface area contributed by atoms with E-state index in [4.69, 9.17) is 4.99 Å². The smallest absolute Gasteiger partial charge is 0.194 e. The van der Waals surface area contributed by atoms with Gasteiger partial charge in [-0.15, -0.1) is 0 Å². The van der Waals surface area contributed by atoms with Gasteiger partial charge < -0.3 is 20.2 Å². The average molecular weight is 353 g/mol. The number of rotatable bonds is 5. The summed E-state index contributed by atoms with van der Waals surface area (Å²) in [7, 11) is 0. The number of phenolic OH excluding ortho intramolecular Hbond substituents is 1. The average Bonchev–Trinajstić information content (AvgIpc) is 2.69. The number of piperazine rings is 1. The van der Waals surface area contributed by atoms with Gasteiger partial charge in [0.25, 0.3) is 0 Å². The number of aliphatic imine (C=N–C) groups is 1. The van der Waals surface area contributed by atoms with Crippen molar-refractivity contribution in [2.24, 2.45) is 4.99 Å². The minimum absolute atomic E-state index is 0.344. The first-order valence-electron chi connectivity index (χ1n) is 9.24. The van der Waals surface area contributed by atoms with Crippen LogP contribution < -0.4 is 10.2 Å². The summed E-state index contributed by atoms with van der Waals surface area (Å²) in [6.45, 7) is 7.14. The molecule has 0 atom stereocenters. The van der Waals surface area contributed by atoms with Crippen LogP contribution in [-0.2, 0) is 6.42 Å². The van der Waals surface area contributed by atoms with Crippen LogP contribution >= 0.6 is 0 Å². The molecule has 1 aromatic heterocycles. The lowest BCUT2D eigenvalue weighted by Gasteiger charge is -2.37. The Balaban J connectivity index is 1.57. The van der Waals surface area contributed by atoms with Crippen LogP contribution in [0.25, 0.3) is 0 Å². The quantitative estimate of drug-likeness (QED) is 0.637. The number of pyridine rings is 1. The molecular weight excluding hydrogens is 326 g/mol. The fraction of sp³-hybridized carbons (Fsp3) is 0.400. The fourth-order valence-corrected chi connectivity index (χ4v) is 3.14. The first-order valence-corrected chi connectivity index (χ1v) is 9.24. The first kappa shape index (κ1) is 18.0. The zero-order valence-corrected chi connectivity index (χ0v) is 15.3. The van der Waals surface area contributed by atoms with Crippen molar-refractivity contribution in [2.75, 3.05) is 44.2 Å². The molecule has 1 aliphatic rings. The van der Waals surface area contributed by atoms with E-state index in [0.717, 1.165) is 63.0 Å². The van der Waals surface area contributed by atoms with Crippen LogP contribution in [-0.4, -0.2) is 60.2 Å². The standard InChI is InChI=1S/C20H27N5O/c1-2-21-20(23-12-10-17-7-5-6-11-22-17)25-15-13-24(14-16-25)18-8-3-4-9-19(18)26/h3-9,11,26H,2,10,12-16H2,1H3,(H,21,23). The van der Waals surface area contributed by atoms with Crippen LogP contribution in [0.1, 0.15) is 12.6 Å². The number of phenols is 1. The van der Waals surface area contributed by atoms with Crippen LogP contribution in [0, 0.1) is 0 Å². The highest BCUT2D eigenvalue weighted by Gasteiger charge is 2.21. The molecule has 1 saturated heterocycles. The van der Waals surface area contributed by atoms with Gasteiger partial charge in [0.05, 0.1) is 5.69 Å². The van der Waals surface area contributed by atoms with E-state index in [1.165, 1.54) is 0 Å². The first-order chi connectivity index (χ1) is 12.8. The van der Waals surface area contributed by atoms with Gasteiger partial charge >= 0.3 is 0 Å². The van der Waals surface area contributed by atoms with Crippen molar-refractivity contribution in [2.45, 2.75) is 13.3 Å². The number of hydrogen-bond acceptors (Lipinski definition) is 4. The molecule has 6 nitrogen and oxygen atoms in total. The highest BCUT2D eigenvalue weighted by atomic mass is 16.3. The van der Waals surface area contributed by atoms with Crippen LogP contribution in [0.2, 0.25) is 0 Å². The number of anilines is 1. The number of nitrogens with one attached hydrogen (secondary N) is 1. The second-order valence-electron chi connectivity index (χ2n) is 6.27. The van der Waals surface area contributed by atoms with Crippen molar-refractivity contribution in [1.29, 1.82) is 0 Å². The van der Waals surface area contributed by atoms with Gasteiger partial charge in [0.2, 0.25) is 0 Å². The molecule has 1 fully saturated rings. The molecule has 0 amide bonds. The third-order valence-corrected chi connectivity index (χ3v) is 4.49. The van der Waals surface area contributed by atoms with Crippen molar-refractivity contribution < 1.29 is 5.11 Å². The number of aromatic hydroxyl groups is 1. The predicted molar refractivity (Wildman–Crippen MR) is 106 cm³/mol. The molecule has 6 heteroatoms.